The number of aromatic nitrogens is 1. The van der Waals surface area contributed by atoms with Crippen LogP contribution >= 0.6 is 23.2 Å². The number of ether oxygens (including phenoxy) is 1. The minimum Gasteiger partial charge on any atom is -0.444 e. The van der Waals surface area contributed by atoms with E-state index in [9.17, 15) is 4.79 Å². The fraction of sp³-hybridized carbons (Fsp3) is 0.571. The maximum Gasteiger partial charge on any atom is 0.407 e. The third-order valence-corrected chi connectivity index (χ3v) is 3.46. The van der Waals surface area contributed by atoms with Gasteiger partial charge in [0.1, 0.15) is 10.8 Å². The molecule has 1 atom stereocenters. The van der Waals surface area contributed by atoms with Gasteiger partial charge in [-0.2, -0.15) is 0 Å². The molecule has 0 aliphatic heterocycles. The molecule has 1 amide bonds. The molecule has 0 saturated heterocycles. The highest BCUT2D eigenvalue weighted by Crippen LogP contribution is 2.30. The van der Waals surface area contributed by atoms with Crippen LogP contribution in [-0.2, 0) is 10.2 Å². The fourth-order valence-electron chi connectivity index (χ4n) is 1.71. The summed E-state index contributed by atoms with van der Waals surface area (Å²) < 4.78 is 5.20. The van der Waals surface area contributed by atoms with Gasteiger partial charge in [-0.25, -0.2) is 9.78 Å². The lowest BCUT2D eigenvalue weighted by molar-refractivity contribution is 0.0516. The fourth-order valence-corrected chi connectivity index (χ4v) is 2.30. The van der Waals surface area contributed by atoms with Crippen LogP contribution in [0.25, 0.3) is 0 Å². The van der Waals surface area contributed by atoms with Crippen LogP contribution in [-0.4, -0.2) is 29.8 Å². The lowest BCUT2D eigenvalue weighted by Crippen LogP contribution is -2.45. The van der Waals surface area contributed by atoms with Crippen molar-refractivity contribution in [2.24, 2.45) is 5.73 Å². The molecular formula is C14H21Cl2N3O2. The lowest BCUT2D eigenvalue weighted by atomic mass is 9.83. The molecule has 21 heavy (non-hydrogen) atoms. The number of halogens is 2. The Morgan fingerprint density at radius 1 is 1.38 bits per heavy atom. The molecule has 0 aromatic carbocycles. The van der Waals surface area contributed by atoms with Crippen molar-refractivity contribution in [1.82, 2.24) is 10.3 Å². The number of nitrogens with one attached hydrogen (secondary N) is 1. The second-order valence-corrected chi connectivity index (χ2v) is 6.90. The maximum atomic E-state index is 11.7. The summed E-state index contributed by atoms with van der Waals surface area (Å²) in [7, 11) is 0. The highest BCUT2D eigenvalue weighted by molar-refractivity contribution is 6.34. The van der Waals surface area contributed by atoms with E-state index in [1.807, 2.05) is 6.92 Å². The Balaban J connectivity index is 2.83. The van der Waals surface area contributed by atoms with Crippen LogP contribution in [0.15, 0.2) is 12.3 Å². The second-order valence-electron chi connectivity index (χ2n) is 6.11. The molecule has 1 rings (SSSR count). The van der Waals surface area contributed by atoms with Crippen LogP contribution in [0.4, 0.5) is 4.79 Å². The van der Waals surface area contributed by atoms with Crippen LogP contribution in [0.1, 0.15) is 33.3 Å². The first-order valence-corrected chi connectivity index (χ1v) is 7.31. The van der Waals surface area contributed by atoms with Gasteiger partial charge in [0, 0.05) is 29.7 Å². The highest BCUT2D eigenvalue weighted by atomic mass is 35.5. The van der Waals surface area contributed by atoms with Gasteiger partial charge in [0.05, 0.1) is 0 Å². The van der Waals surface area contributed by atoms with Crippen molar-refractivity contribution in [3.8, 4) is 0 Å². The molecular weight excluding hydrogens is 313 g/mol. The zero-order valence-corrected chi connectivity index (χ0v) is 14.2. The number of hydrogen-bond acceptors (Lipinski definition) is 4. The van der Waals surface area contributed by atoms with Crippen LogP contribution in [0.5, 0.6) is 0 Å². The second kappa shape index (κ2) is 6.81. The number of carbonyl (C=O) groups excluding carboxylic acids is 1. The number of nitrogens with two attached hydrogens (primary N) is 1. The smallest absolute Gasteiger partial charge is 0.407 e. The number of hydrogen-bond donors (Lipinski definition) is 2. The highest BCUT2D eigenvalue weighted by Gasteiger charge is 2.29. The van der Waals surface area contributed by atoms with Gasteiger partial charge in [0.2, 0.25) is 0 Å². The molecule has 5 nitrogen and oxygen atoms in total. The van der Waals surface area contributed by atoms with Gasteiger partial charge in [-0.15, -0.1) is 0 Å². The Hall–Kier alpha value is -1.04. The standard InChI is InChI=1S/C14H21Cl2N3O2/c1-13(2,3)21-12(20)19-8-14(4,7-17)9-6-18-11(16)5-10(9)15/h5-6H,7-8,17H2,1-4H3,(H,19,20). The largest absolute Gasteiger partial charge is 0.444 e. The third-order valence-electron chi connectivity index (χ3n) is 2.94. The number of rotatable bonds is 4. The van der Waals surface area contributed by atoms with Gasteiger partial charge in [-0.05, 0) is 32.4 Å². The number of pyridine rings is 1. The van der Waals surface area contributed by atoms with Crippen LogP contribution in [0, 0.1) is 0 Å². The number of nitrogens with zero attached hydrogens (tertiary/aromatic N) is 1. The third kappa shape index (κ3) is 5.34. The molecule has 0 aliphatic carbocycles. The van der Waals surface area contributed by atoms with E-state index in [4.69, 9.17) is 33.7 Å². The minimum atomic E-state index is -0.564. The monoisotopic (exact) mass is 333 g/mol. The number of amides is 1. The first-order valence-electron chi connectivity index (χ1n) is 6.56. The summed E-state index contributed by atoms with van der Waals surface area (Å²) in [5.41, 5.74) is 5.46. The molecule has 1 unspecified atom stereocenters. The van der Waals surface area contributed by atoms with Crippen molar-refractivity contribution in [2.45, 2.75) is 38.7 Å². The topological polar surface area (TPSA) is 77.2 Å². The Labute approximate surface area is 135 Å². The molecule has 7 heteroatoms. The van der Waals surface area contributed by atoms with E-state index < -0.39 is 17.1 Å². The Kier molecular flexibility index (Phi) is 5.84. The van der Waals surface area contributed by atoms with Crippen molar-refractivity contribution in [3.05, 3.63) is 28.0 Å². The van der Waals surface area contributed by atoms with Crippen LogP contribution in [0.3, 0.4) is 0 Å². The van der Waals surface area contributed by atoms with Gasteiger partial charge < -0.3 is 15.8 Å². The summed E-state index contributed by atoms with van der Waals surface area (Å²) in [6.45, 7) is 7.85. The van der Waals surface area contributed by atoms with E-state index in [1.165, 1.54) is 0 Å². The van der Waals surface area contributed by atoms with E-state index in [1.54, 1.807) is 33.0 Å². The molecule has 1 aromatic heterocycles. The first kappa shape index (κ1) is 18.0. The van der Waals surface area contributed by atoms with Gasteiger partial charge in [-0.1, -0.05) is 30.1 Å². The first-order chi connectivity index (χ1) is 9.57. The molecule has 3 N–H and O–H groups in total. The Bertz CT molecular complexity index is 517. The quantitative estimate of drug-likeness (QED) is 0.830. The van der Waals surface area contributed by atoms with Crippen LogP contribution < -0.4 is 11.1 Å². The summed E-state index contributed by atoms with van der Waals surface area (Å²) in [6, 6.07) is 1.56. The summed E-state index contributed by atoms with van der Waals surface area (Å²) >= 11 is 12.0. The summed E-state index contributed by atoms with van der Waals surface area (Å²) in [5, 5.41) is 3.49. The van der Waals surface area contributed by atoms with Crippen molar-refractivity contribution < 1.29 is 9.53 Å². The predicted molar refractivity (Wildman–Crippen MR) is 84.9 cm³/mol. The molecule has 1 heterocycles. The van der Waals surface area contributed by atoms with Crippen molar-refractivity contribution in [2.75, 3.05) is 13.1 Å². The van der Waals surface area contributed by atoms with Crippen LogP contribution in [0.2, 0.25) is 10.2 Å². The lowest BCUT2D eigenvalue weighted by Gasteiger charge is -2.30. The van der Waals surface area contributed by atoms with E-state index in [0.29, 0.717) is 10.2 Å². The molecule has 0 bridgehead atoms. The Morgan fingerprint density at radius 2 is 2.00 bits per heavy atom. The molecule has 0 spiro atoms. The molecule has 0 saturated carbocycles. The SMILES string of the molecule is CC(C)(C)OC(=O)NCC(C)(CN)c1cnc(Cl)cc1Cl. The maximum absolute atomic E-state index is 11.7. The minimum absolute atomic E-state index is 0.279. The predicted octanol–water partition coefficient (Wildman–Crippen LogP) is 3.13. The molecule has 118 valence electrons. The van der Waals surface area contributed by atoms with Crippen molar-refractivity contribution >= 4 is 29.3 Å². The zero-order valence-electron chi connectivity index (χ0n) is 12.7. The van der Waals surface area contributed by atoms with E-state index in [2.05, 4.69) is 10.3 Å². The van der Waals surface area contributed by atoms with Gasteiger partial charge >= 0.3 is 6.09 Å². The summed E-state index contributed by atoms with van der Waals surface area (Å²) in [4.78, 5) is 15.8. The molecule has 0 aliphatic rings. The Morgan fingerprint density at radius 3 is 2.48 bits per heavy atom. The number of alkyl carbamates (subject to hydrolysis) is 1. The average molecular weight is 334 g/mol. The molecule has 0 fully saturated rings. The number of carbonyl (C=O) groups is 1. The normalized spacial score (nSPS) is 14.4. The van der Waals surface area contributed by atoms with E-state index in [0.717, 1.165) is 5.56 Å². The molecule has 0 radical (unpaired) electrons. The van der Waals surface area contributed by atoms with E-state index >= 15 is 0 Å². The average Bonchev–Trinajstić information content (AvgIpc) is 2.34. The molecule has 1 aromatic rings. The summed E-state index contributed by atoms with van der Waals surface area (Å²) in [6.07, 6.45) is 1.08. The van der Waals surface area contributed by atoms with Gasteiger partial charge in [0.15, 0.2) is 0 Å². The van der Waals surface area contributed by atoms with Gasteiger partial charge in [0.25, 0.3) is 0 Å². The summed E-state index contributed by atoms with van der Waals surface area (Å²) in [5.74, 6) is 0. The van der Waals surface area contributed by atoms with Crippen molar-refractivity contribution in [3.63, 3.8) is 0 Å². The van der Waals surface area contributed by atoms with E-state index in [-0.39, 0.29) is 13.1 Å². The zero-order chi connectivity index (χ0) is 16.3. The van der Waals surface area contributed by atoms with Crippen molar-refractivity contribution in [1.29, 1.82) is 0 Å². The van der Waals surface area contributed by atoms with Gasteiger partial charge in [-0.3, -0.25) is 0 Å².